The lowest BCUT2D eigenvalue weighted by molar-refractivity contribution is 0.290. The molecule has 1 heterocycles. The third-order valence-electron chi connectivity index (χ3n) is 3.39. The first-order chi connectivity index (χ1) is 9.56. The smallest absolute Gasteiger partial charge is 0.131 e. The van der Waals surface area contributed by atoms with Crippen molar-refractivity contribution < 1.29 is 4.74 Å². The van der Waals surface area contributed by atoms with Crippen LogP contribution < -0.4 is 4.74 Å². The minimum Gasteiger partial charge on any atom is -0.487 e. The van der Waals surface area contributed by atoms with Crippen LogP contribution in [-0.2, 0) is 19.6 Å². The number of halogens is 1. The van der Waals surface area contributed by atoms with Crippen LogP contribution in [0.5, 0.6) is 5.75 Å². The molecular formula is C16H21ClN2O. The van der Waals surface area contributed by atoms with Crippen LogP contribution in [0.25, 0.3) is 0 Å². The molecule has 0 atom stereocenters. The van der Waals surface area contributed by atoms with Crippen LogP contribution in [0, 0.1) is 13.8 Å². The van der Waals surface area contributed by atoms with Crippen molar-refractivity contribution in [1.82, 2.24) is 9.78 Å². The highest BCUT2D eigenvalue weighted by Gasteiger charge is 2.15. The van der Waals surface area contributed by atoms with Crippen LogP contribution in [0.3, 0.4) is 0 Å². The molecule has 3 nitrogen and oxygen atoms in total. The molecular weight excluding hydrogens is 272 g/mol. The molecule has 2 aromatic rings. The Labute approximate surface area is 125 Å². The molecule has 2 rings (SSSR count). The maximum absolute atomic E-state index is 6.38. The molecule has 20 heavy (non-hydrogen) atoms. The van der Waals surface area contributed by atoms with Gasteiger partial charge in [0.15, 0.2) is 0 Å². The van der Waals surface area contributed by atoms with Gasteiger partial charge in [-0.3, -0.25) is 4.68 Å². The molecule has 0 saturated carbocycles. The summed E-state index contributed by atoms with van der Waals surface area (Å²) in [5.74, 6) is 0.897. The molecule has 0 saturated heterocycles. The third-order valence-corrected chi connectivity index (χ3v) is 3.83. The van der Waals surface area contributed by atoms with Gasteiger partial charge >= 0.3 is 0 Å². The van der Waals surface area contributed by atoms with Gasteiger partial charge in [-0.15, -0.1) is 0 Å². The van der Waals surface area contributed by atoms with Gasteiger partial charge in [-0.1, -0.05) is 36.2 Å². The highest BCUT2D eigenvalue weighted by atomic mass is 35.5. The molecule has 1 aromatic carbocycles. The highest BCUT2D eigenvalue weighted by molar-refractivity contribution is 6.31. The first kappa shape index (κ1) is 14.9. The van der Waals surface area contributed by atoms with Gasteiger partial charge in [-0.2, -0.15) is 5.10 Å². The number of hydrogen-bond acceptors (Lipinski definition) is 2. The van der Waals surface area contributed by atoms with Gasteiger partial charge in [0.05, 0.1) is 16.4 Å². The summed E-state index contributed by atoms with van der Waals surface area (Å²) in [6, 6.07) is 6.18. The quantitative estimate of drug-likeness (QED) is 0.821. The molecule has 0 radical (unpaired) electrons. The van der Waals surface area contributed by atoms with E-state index in [0.717, 1.165) is 40.7 Å². The Bertz CT molecular complexity index is 605. The van der Waals surface area contributed by atoms with Crippen molar-refractivity contribution >= 4 is 11.6 Å². The zero-order valence-electron chi connectivity index (χ0n) is 12.5. The number of benzene rings is 1. The summed E-state index contributed by atoms with van der Waals surface area (Å²) >= 11 is 6.38. The van der Waals surface area contributed by atoms with Gasteiger partial charge in [-0.25, -0.2) is 0 Å². The van der Waals surface area contributed by atoms with Gasteiger partial charge in [-0.05, 0) is 38.8 Å². The monoisotopic (exact) mass is 292 g/mol. The summed E-state index contributed by atoms with van der Waals surface area (Å²) in [4.78, 5) is 0. The Balaban J connectivity index is 2.20. The summed E-state index contributed by atoms with van der Waals surface area (Å²) in [7, 11) is 0. The Morgan fingerprint density at radius 1 is 1.25 bits per heavy atom. The van der Waals surface area contributed by atoms with Crippen molar-refractivity contribution in [3.63, 3.8) is 0 Å². The zero-order chi connectivity index (χ0) is 14.7. The molecule has 0 fully saturated rings. The zero-order valence-corrected chi connectivity index (χ0v) is 13.3. The summed E-state index contributed by atoms with van der Waals surface area (Å²) < 4.78 is 7.84. The van der Waals surface area contributed by atoms with Gasteiger partial charge < -0.3 is 4.74 Å². The maximum atomic E-state index is 6.38. The molecule has 108 valence electrons. The van der Waals surface area contributed by atoms with Crippen LogP contribution in [-0.4, -0.2) is 9.78 Å². The average molecular weight is 293 g/mol. The molecule has 0 aliphatic carbocycles. The van der Waals surface area contributed by atoms with Gasteiger partial charge in [0, 0.05) is 6.54 Å². The van der Waals surface area contributed by atoms with E-state index in [1.165, 1.54) is 5.56 Å². The van der Waals surface area contributed by atoms with E-state index in [1.807, 2.05) is 10.7 Å². The van der Waals surface area contributed by atoms with E-state index in [-0.39, 0.29) is 0 Å². The van der Waals surface area contributed by atoms with Crippen LogP contribution in [0.15, 0.2) is 18.2 Å². The second-order valence-corrected chi connectivity index (χ2v) is 5.31. The predicted molar refractivity (Wildman–Crippen MR) is 82.5 cm³/mol. The number of ether oxygens (including phenoxy) is 1. The van der Waals surface area contributed by atoms with Crippen LogP contribution in [0.2, 0.25) is 5.02 Å². The molecule has 0 unspecified atom stereocenters. The largest absolute Gasteiger partial charge is 0.487 e. The molecule has 0 amide bonds. The van der Waals surface area contributed by atoms with Crippen molar-refractivity contribution in [2.75, 3.05) is 0 Å². The highest BCUT2D eigenvalue weighted by Crippen LogP contribution is 2.25. The molecule has 0 bridgehead atoms. The maximum Gasteiger partial charge on any atom is 0.131 e. The van der Waals surface area contributed by atoms with Crippen molar-refractivity contribution in [2.24, 2.45) is 0 Å². The predicted octanol–water partition coefficient (Wildman–Crippen LogP) is 4.31. The lowest BCUT2D eigenvalue weighted by atomic mass is 10.1. The summed E-state index contributed by atoms with van der Waals surface area (Å²) in [6.45, 7) is 9.49. The van der Waals surface area contributed by atoms with Crippen molar-refractivity contribution in [1.29, 1.82) is 0 Å². The van der Waals surface area contributed by atoms with E-state index in [2.05, 4.69) is 44.9 Å². The number of hydrogen-bond donors (Lipinski definition) is 0. The SMILES string of the molecule is CCc1nn(CC)c(COc2ccc(C)cc2C)c1Cl. The molecule has 0 spiro atoms. The Kier molecular flexibility index (Phi) is 4.71. The fraction of sp³-hybridized carbons (Fsp3) is 0.438. The molecule has 1 aromatic heterocycles. The summed E-state index contributed by atoms with van der Waals surface area (Å²) in [5, 5.41) is 5.24. The first-order valence-corrected chi connectivity index (χ1v) is 7.38. The lowest BCUT2D eigenvalue weighted by Crippen LogP contribution is -2.07. The summed E-state index contributed by atoms with van der Waals surface area (Å²) in [6.07, 6.45) is 0.836. The average Bonchev–Trinajstić information content (AvgIpc) is 2.74. The minimum absolute atomic E-state index is 0.448. The number of aryl methyl sites for hydroxylation is 4. The molecule has 0 N–H and O–H groups in total. The molecule has 0 aliphatic rings. The van der Waals surface area contributed by atoms with E-state index < -0.39 is 0 Å². The second kappa shape index (κ2) is 6.31. The first-order valence-electron chi connectivity index (χ1n) is 7.00. The third kappa shape index (κ3) is 2.98. The minimum atomic E-state index is 0.448. The van der Waals surface area contributed by atoms with E-state index in [9.17, 15) is 0 Å². The summed E-state index contributed by atoms with van der Waals surface area (Å²) in [5.41, 5.74) is 4.26. The fourth-order valence-electron chi connectivity index (χ4n) is 2.26. The molecule has 0 aliphatic heterocycles. The van der Waals surface area contributed by atoms with Gasteiger partial charge in [0.1, 0.15) is 12.4 Å². The fourth-order valence-corrected chi connectivity index (χ4v) is 2.59. The van der Waals surface area contributed by atoms with Crippen LogP contribution in [0.1, 0.15) is 36.4 Å². The van der Waals surface area contributed by atoms with E-state index >= 15 is 0 Å². The van der Waals surface area contributed by atoms with E-state index in [0.29, 0.717) is 6.61 Å². The Morgan fingerprint density at radius 3 is 2.60 bits per heavy atom. The Morgan fingerprint density at radius 2 is 2.00 bits per heavy atom. The molecule has 4 heteroatoms. The lowest BCUT2D eigenvalue weighted by Gasteiger charge is -2.11. The standard InChI is InChI=1S/C16H21ClN2O/c1-5-13-16(17)14(19(6-2)18-13)10-20-15-8-7-11(3)9-12(15)4/h7-9H,5-6,10H2,1-4H3. The van der Waals surface area contributed by atoms with Gasteiger partial charge in [0.25, 0.3) is 0 Å². The number of nitrogens with zero attached hydrogens (tertiary/aromatic N) is 2. The van der Waals surface area contributed by atoms with Crippen LogP contribution in [0.4, 0.5) is 0 Å². The van der Waals surface area contributed by atoms with Crippen LogP contribution >= 0.6 is 11.6 Å². The van der Waals surface area contributed by atoms with Crippen molar-refractivity contribution in [3.8, 4) is 5.75 Å². The second-order valence-electron chi connectivity index (χ2n) is 4.93. The van der Waals surface area contributed by atoms with Crippen molar-refractivity contribution in [2.45, 2.75) is 47.3 Å². The van der Waals surface area contributed by atoms with Crippen molar-refractivity contribution in [3.05, 3.63) is 45.7 Å². The topological polar surface area (TPSA) is 27.1 Å². The Hall–Kier alpha value is -1.48. The van der Waals surface area contributed by atoms with E-state index in [1.54, 1.807) is 0 Å². The number of aromatic nitrogens is 2. The van der Waals surface area contributed by atoms with Gasteiger partial charge in [0.2, 0.25) is 0 Å². The number of rotatable bonds is 5. The van der Waals surface area contributed by atoms with E-state index in [4.69, 9.17) is 16.3 Å². The normalized spacial score (nSPS) is 10.8.